The van der Waals surface area contributed by atoms with Gasteiger partial charge in [0.15, 0.2) is 0 Å². The van der Waals surface area contributed by atoms with Crippen molar-refractivity contribution in [2.75, 3.05) is 13.2 Å². The molecule has 0 unspecified atom stereocenters. The van der Waals surface area contributed by atoms with E-state index in [9.17, 15) is 44.4 Å². The van der Waals surface area contributed by atoms with E-state index in [1.165, 1.54) is 0 Å². The number of aliphatic hydroxyl groups is 3. The van der Waals surface area contributed by atoms with E-state index in [1.54, 1.807) is 24.3 Å². The zero-order chi connectivity index (χ0) is 36.8. The Labute approximate surface area is 290 Å². The first-order valence-electron chi connectivity index (χ1n) is 16.6. The number of aliphatic carboxylic acids is 2. The second-order valence-electron chi connectivity index (χ2n) is 12.2. The van der Waals surface area contributed by atoms with E-state index in [0.717, 1.165) is 18.1 Å². The van der Waals surface area contributed by atoms with Crippen LogP contribution in [0, 0.1) is 0 Å². The lowest BCUT2D eigenvalue weighted by Gasteiger charge is -2.50. The van der Waals surface area contributed by atoms with Gasteiger partial charge in [-0.1, -0.05) is 62.2 Å². The number of carbonyl (C=O) groups is 5. The van der Waals surface area contributed by atoms with Gasteiger partial charge in [-0.05, 0) is 42.5 Å². The van der Waals surface area contributed by atoms with Gasteiger partial charge in [0.25, 0.3) is 11.7 Å². The van der Waals surface area contributed by atoms with Gasteiger partial charge in [-0.15, -0.1) is 0 Å². The Balaban J connectivity index is 1.84. The number of benzene rings is 2. The number of nitrogens with one attached hydrogen (secondary N) is 3. The summed E-state index contributed by atoms with van der Waals surface area (Å²) in [5.74, 6) is -7.55. The lowest BCUT2D eigenvalue weighted by Crippen LogP contribution is -2.77. The van der Waals surface area contributed by atoms with E-state index in [-0.39, 0.29) is 37.9 Å². The molecule has 274 valence electrons. The Hall–Kier alpha value is -4.41. The largest absolute Gasteiger partial charge is 0.481 e. The maximum atomic E-state index is 12.9. The van der Waals surface area contributed by atoms with Crippen LogP contribution in [-0.2, 0) is 28.7 Å². The number of amides is 3. The summed E-state index contributed by atoms with van der Waals surface area (Å²) in [5.41, 5.74) is 2.08. The average Bonchev–Trinajstić information content (AvgIpc) is 3.09. The molecule has 0 spiro atoms. The molecule has 1 saturated heterocycles. The molecule has 0 aromatic heterocycles. The maximum absolute atomic E-state index is 12.9. The summed E-state index contributed by atoms with van der Waals surface area (Å²) >= 11 is 0. The monoisotopic (exact) mass is 701 g/mol. The third-order valence-corrected chi connectivity index (χ3v) is 8.34. The lowest BCUT2D eigenvalue weighted by atomic mass is 9.84. The van der Waals surface area contributed by atoms with E-state index in [1.807, 2.05) is 37.3 Å². The molecule has 2 aromatic carbocycles. The molecule has 1 aliphatic rings. The Morgan fingerprint density at radius 1 is 0.860 bits per heavy atom. The fraction of sp³-hybridized carbons (Fsp3) is 0.514. The molecule has 0 bridgehead atoms. The molecular formula is C35H47N3O12. The van der Waals surface area contributed by atoms with Crippen molar-refractivity contribution in [2.45, 2.75) is 101 Å². The predicted octanol–water partition coefficient (Wildman–Crippen LogP) is 1.19. The van der Waals surface area contributed by atoms with Crippen LogP contribution in [0.25, 0.3) is 11.1 Å². The summed E-state index contributed by atoms with van der Waals surface area (Å²) in [6.45, 7) is 2.11. The molecule has 3 amide bonds. The van der Waals surface area contributed by atoms with Crippen molar-refractivity contribution in [3.05, 3.63) is 60.2 Å². The molecule has 2 aromatic rings. The molecular weight excluding hydrogens is 654 g/mol. The fourth-order valence-electron chi connectivity index (χ4n) is 5.66. The number of ether oxygens (including phenoxy) is 2. The van der Waals surface area contributed by atoms with Crippen LogP contribution in [0.4, 0.5) is 0 Å². The van der Waals surface area contributed by atoms with Crippen LogP contribution in [0.1, 0.15) is 69.2 Å². The second-order valence-corrected chi connectivity index (χ2v) is 12.2. The first-order valence-corrected chi connectivity index (χ1v) is 16.6. The molecule has 3 rings (SSSR count). The number of carbonyl (C=O) groups excluding carboxylic acids is 3. The molecule has 1 fully saturated rings. The minimum atomic E-state index is -2.89. The van der Waals surface area contributed by atoms with Crippen molar-refractivity contribution in [3.8, 4) is 11.1 Å². The van der Waals surface area contributed by atoms with Crippen molar-refractivity contribution in [3.63, 3.8) is 0 Å². The first kappa shape index (κ1) is 40.0. The Bertz CT molecular complexity index is 1440. The Kier molecular flexibility index (Phi) is 15.3. The van der Waals surface area contributed by atoms with E-state index < -0.39 is 78.5 Å². The normalized spacial score (nSPS) is 22.9. The summed E-state index contributed by atoms with van der Waals surface area (Å²) in [7, 11) is 0. The molecule has 1 aliphatic heterocycles. The molecule has 0 radical (unpaired) electrons. The summed E-state index contributed by atoms with van der Waals surface area (Å²) in [4.78, 5) is 61.7. The number of rotatable bonds is 19. The van der Waals surface area contributed by atoms with Gasteiger partial charge in [0.1, 0.15) is 18.3 Å². The van der Waals surface area contributed by atoms with Crippen molar-refractivity contribution in [1.29, 1.82) is 0 Å². The molecule has 1 heterocycles. The third-order valence-electron chi connectivity index (χ3n) is 8.34. The van der Waals surface area contributed by atoms with Gasteiger partial charge in [0, 0.05) is 31.9 Å². The van der Waals surface area contributed by atoms with Crippen molar-refractivity contribution in [2.24, 2.45) is 0 Å². The smallest absolute Gasteiger partial charge is 0.367 e. The predicted molar refractivity (Wildman–Crippen MR) is 179 cm³/mol. The highest BCUT2D eigenvalue weighted by Gasteiger charge is 2.62. The standard InChI is InChI=1S/C35H47N3O12/c1-3-4-13-26(41)38-29-28(37-21(2)39)31(50-35(32(29)45,34(47)48)49-19-10-6-9-14-27(42)43)30(44)25(40)20-36-33(46)24-17-15-23(16-18-24)22-11-7-5-8-12-22/h5,7-8,11-12,15-18,25,28-32,40,44-45H,3-4,6,9-10,13-14,19-20H2,1-2H3,(H,36,46)(H,37,39)(H,38,41)(H,42,43)(H,47,48)/t25-,28-,29-,30-,31-,32+,35-/m1/s1. The number of carboxylic acid groups (broad SMARTS) is 2. The van der Waals surface area contributed by atoms with Crippen LogP contribution in [-0.4, -0.2) is 111 Å². The first-order chi connectivity index (χ1) is 23.8. The second kappa shape index (κ2) is 19.1. The zero-order valence-corrected chi connectivity index (χ0v) is 28.1. The molecule has 15 nitrogen and oxygen atoms in total. The number of hydrogen-bond acceptors (Lipinski definition) is 10. The van der Waals surface area contributed by atoms with E-state index >= 15 is 0 Å². The quantitative estimate of drug-likeness (QED) is 0.0964. The summed E-state index contributed by atoms with van der Waals surface area (Å²) in [6.07, 6.45) is -5.91. The highest BCUT2D eigenvalue weighted by Crippen LogP contribution is 2.34. The SMILES string of the molecule is CCCCC(=O)N[C@@H]1[C@@H](NC(C)=O)[C@H]([C@H](O)[C@H](O)CNC(=O)c2ccc(-c3ccccc3)cc2)O[C@@](OCCCCCC(=O)O)(C(=O)O)[C@H]1O. The van der Waals surface area contributed by atoms with E-state index in [0.29, 0.717) is 19.3 Å². The van der Waals surface area contributed by atoms with Crippen molar-refractivity contribution < 1.29 is 59.0 Å². The zero-order valence-electron chi connectivity index (χ0n) is 28.1. The van der Waals surface area contributed by atoms with E-state index in [4.69, 9.17) is 14.6 Å². The number of unbranched alkanes of at least 4 members (excludes halogenated alkanes) is 3. The lowest BCUT2D eigenvalue weighted by molar-refractivity contribution is -0.333. The highest BCUT2D eigenvalue weighted by atomic mass is 16.7. The molecule has 8 N–H and O–H groups in total. The van der Waals surface area contributed by atoms with Gasteiger partial charge in [0.2, 0.25) is 11.8 Å². The van der Waals surface area contributed by atoms with Gasteiger partial charge in [-0.2, -0.15) is 0 Å². The van der Waals surface area contributed by atoms with Crippen molar-refractivity contribution >= 4 is 29.7 Å². The Morgan fingerprint density at radius 3 is 2.12 bits per heavy atom. The Morgan fingerprint density at radius 2 is 1.52 bits per heavy atom. The highest BCUT2D eigenvalue weighted by molar-refractivity contribution is 5.94. The van der Waals surface area contributed by atoms with Gasteiger partial charge < -0.3 is 51.0 Å². The van der Waals surface area contributed by atoms with E-state index in [2.05, 4.69) is 16.0 Å². The van der Waals surface area contributed by atoms with Crippen LogP contribution in [0.3, 0.4) is 0 Å². The van der Waals surface area contributed by atoms with Crippen LogP contribution >= 0.6 is 0 Å². The van der Waals surface area contributed by atoms with Crippen LogP contribution in [0.5, 0.6) is 0 Å². The van der Waals surface area contributed by atoms with Crippen LogP contribution in [0.15, 0.2) is 54.6 Å². The summed E-state index contributed by atoms with van der Waals surface area (Å²) in [6, 6.07) is 13.1. The molecule has 50 heavy (non-hydrogen) atoms. The number of hydrogen-bond donors (Lipinski definition) is 8. The average molecular weight is 702 g/mol. The number of carboxylic acids is 2. The fourth-order valence-corrected chi connectivity index (χ4v) is 5.66. The van der Waals surface area contributed by atoms with Gasteiger partial charge in [-0.3, -0.25) is 19.2 Å². The summed E-state index contributed by atoms with van der Waals surface area (Å²) in [5, 5.41) is 60.6. The van der Waals surface area contributed by atoms with Gasteiger partial charge in [-0.25, -0.2) is 4.79 Å². The van der Waals surface area contributed by atoms with Crippen LogP contribution < -0.4 is 16.0 Å². The van der Waals surface area contributed by atoms with Gasteiger partial charge in [0.05, 0.1) is 24.8 Å². The topological polar surface area (TPSA) is 241 Å². The van der Waals surface area contributed by atoms with Crippen LogP contribution in [0.2, 0.25) is 0 Å². The van der Waals surface area contributed by atoms with Crippen molar-refractivity contribution in [1.82, 2.24) is 16.0 Å². The maximum Gasteiger partial charge on any atom is 0.367 e. The molecule has 15 heteroatoms. The summed E-state index contributed by atoms with van der Waals surface area (Å²) < 4.78 is 11.4. The molecule has 0 aliphatic carbocycles. The molecule has 7 atom stereocenters. The minimum Gasteiger partial charge on any atom is -0.481 e. The third kappa shape index (κ3) is 10.8. The van der Waals surface area contributed by atoms with Gasteiger partial charge >= 0.3 is 11.9 Å². The molecule has 0 saturated carbocycles. The minimum absolute atomic E-state index is 0.00603. The number of aliphatic hydroxyl groups excluding tert-OH is 3.